The van der Waals surface area contributed by atoms with Gasteiger partial charge in [-0.05, 0) is 18.2 Å². The summed E-state index contributed by atoms with van der Waals surface area (Å²) < 4.78 is 0. The lowest BCUT2D eigenvalue weighted by atomic mass is 10.1. The number of aliphatic imine (C=N–C) groups is 1. The molecule has 15 heavy (non-hydrogen) atoms. The van der Waals surface area contributed by atoms with Crippen molar-refractivity contribution >= 4 is 11.8 Å². The molecule has 0 spiro atoms. The molecule has 3 heteroatoms. The van der Waals surface area contributed by atoms with Gasteiger partial charge in [0.1, 0.15) is 0 Å². The normalized spacial score (nSPS) is 9.33. The van der Waals surface area contributed by atoms with Crippen molar-refractivity contribution in [3.05, 3.63) is 48.7 Å². The number of para-hydroxylation sites is 1. The molecular formula is C12H8N2O. The third kappa shape index (κ3) is 1.98. The zero-order valence-corrected chi connectivity index (χ0v) is 7.92. The first kappa shape index (κ1) is 9.31. The Labute approximate surface area is 87.1 Å². The van der Waals surface area contributed by atoms with Gasteiger partial charge in [-0.15, -0.1) is 0 Å². The molecule has 0 radical (unpaired) electrons. The molecule has 3 nitrogen and oxygen atoms in total. The molecule has 0 bridgehead atoms. The Bertz CT molecular complexity index is 502. The Kier molecular flexibility index (Phi) is 2.68. The van der Waals surface area contributed by atoms with E-state index in [2.05, 4.69) is 9.98 Å². The fourth-order valence-corrected chi connectivity index (χ4v) is 1.36. The van der Waals surface area contributed by atoms with Crippen LogP contribution in [0, 0.1) is 0 Å². The van der Waals surface area contributed by atoms with Gasteiger partial charge in [-0.3, -0.25) is 4.98 Å². The first-order valence-corrected chi connectivity index (χ1v) is 4.50. The highest BCUT2D eigenvalue weighted by Gasteiger charge is 2.03. The monoisotopic (exact) mass is 196 g/mol. The Balaban J connectivity index is 2.58. The second-order valence-electron chi connectivity index (χ2n) is 2.94. The van der Waals surface area contributed by atoms with Crippen LogP contribution in [0.25, 0.3) is 11.3 Å². The molecule has 0 aliphatic heterocycles. The molecular weight excluding hydrogens is 188 g/mol. The minimum atomic E-state index is 0.589. The lowest BCUT2D eigenvalue weighted by Gasteiger charge is -2.02. The predicted octanol–water partition coefficient (Wildman–Crippen LogP) is 2.72. The van der Waals surface area contributed by atoms with Crippen LogP contribution in [-0.2, 0) is 4.79 Å². The lowest BCUT2D eigenvalue weighted by molar-refractivity contribution is 0.565. The molecule has 0 aliphatic rings. The Morgan fingerprint density at radius 2 is 1.87 bits per heavy atom. The molecule has 2 rings (SSSR count). The van der Waals surface area contributed by atoms with Gasteiger partial charge in [0, 0.05) is 11.8 Å². The Morgan fingerprint density at radius 1 is 1.07 bits per heavy atom. The van der Waals surface area contributed by atoms with E-state index < -0.39 is 0 Å². The molecule has 2 aromatic rings. The summed E-state index contributed by atoms with van der Waals surface area (Å²) in [4.78, 5) is 18.1. The summed E-state index contributed by atoms with van der Waals surface area (Å²) in [5.74, 6) is 0. The lowest BCUT2D eigenvalue weighted by Crippen LogP contribution is -1.81. The summed E-state index contributed by atoms with van der Waals surface area (Å²) in [6.07, 6.45) is 3.25. The highest BCUT2D eigenvalue weighted by molar-refractivity contribution is 5.74. The fraction of sp³-hybridized carbons (Fsp3) is 0. The number of rotatable bonds is 2. The van der Waals surface area contributed by atoms with Crippen LogP contribution in [0.3, 0.4) is 0 Å². The Morgan fingerprint density at radius 3 is 2.60 bits per heavy atom. The molecule has 1 heterocycles. The number of hydrogen-bond acceptors (Lipinski definition) is 3. The van der Waals surface area contributed by atoms with E-state index in [0.717, 1.165) is 11.3 Å². The van der Waals surface area contributed by atoms with Gasteiger partial charge < -0.3 is 0 Å². The van der Waals surface area contributed by atoms with Gasteiger partial charge in [0.15, 0.2) is 0 Å². The van der Waals surface area contributed by atoms with Crippen LogP contribution in [0.1, 0.15) is 0 Å². The molecule has 0 aliphatic carbocycles. The summed E-state index contributed by atoms with van der Waals surface area (Å²) in [5, 5.41) is 0. The predicted molar refractivity (Wildman–Crippen MR) is 57.5 cm³/mol. The molecule has 0 atom stereocenters. The number of nitrogens with zero attached hydrogens (tertiary/aromatic N) is 2. The van der Waals surface area contributed by atoms with Crippen LogP contribution in [0.2, 0.25) is 0 Å². The summed E-state index contributed by atoms with van der Waals surface area (Å²) in [7, 11) is 0. The third-order valence-electron chi connectivity index (χ3n) is 2.01. The van der Waals surface area contributed by atoms with Crippen LogP contribution in [-0.4, -0.2) is 11.1 Å². The van der Waals surface area contributed by atoms with E-state index >= 15 is 0 Å². The van der Waals surface area contributed by atoms with E-state index in [4.69, 9.17) is 0 Å². The molecule has 0 N–H and O–H groups in total. The highest BCUT2D eigenvalue weighted by atomic mass is 16.1. The summed E-state index contributed by atoms with van der Waals surface area (Å²) in [5.41, 5.74) is 2.22. The largest absolute Gasteiger partial charge is 0.256 e. The van der Waals surface area contributed by atoms with E-state index in [-0.39, 0.29) is 0 Å². The van der Waals surface area contributed by atoms with Crippen LogP contribution in [0.5, 0.6) is 0 Å². The minimum absolute atomic E-state index is 0.589. The van der Waals surface area contributed by atoms with Gasteiger partial charge in [0.2, 0.25) is 6.08 Å². The molecule has 1 aromatic heterocycles. The number of hydrogen-bond donors (Lipinski definition) is 0. The summed E-state index contributed by atoms with van der Waals surface area (Å²) in [6.45, 7) is 0. The number of benzene rings is 1. The fourth-order valence-electron chi connectivity index (χ4n) is 1.36. The van der Waals surface area contributed by atoms with Crippen LogP contribution >= 0.6 is 0 Å². The zero-order chi connectivity index (χ0) is 10.5. The summed E-state index contributed by atoms with van der Waals surface area (Å²) in [6, 6.07) is 12.9. The van der Waals surface area contributed by atoms with Gasteiger partial charge in [-0.25, -0.2) is 4.79 Å². The van der Waals surface area contributed by atoms with Crippen molar-refractivity contribution in [1.82, 2.24) is 4.98 Å². The van der Waals surface area contributed by atoms with E-state index in [0.29, 0.717) is 5.69 Å². The van der Waals surface area contributed by atoms with E-state index in [1.807, 2.05) is 36.4 Å². The van der Waals surface area contributed by atoms with E-state index in [1.54, 1.807) is 18.3 Å². The summed E-state index contributed by atoms with van der Waals surface area (Å²) >= 11 is 0. The highest BCUT2D eigenvalue weighted by Crippen LogP contribution is 2.27. The van der Waals surface area contributed by atoms with Crippen LogP contribution < -0.4 is 0 Å². The van der Waals surface area contributed by atoms with E-state index in [9.17, 15) is 4.79 Å². The third-order valence-corrected chi connectivity index (χ3v) is 2.01. The SMILES string of the molecule is O=C=Nc1ccccc1-c1ccccn1. The zero-order valence-electron chi connectivity index (χ0n) is 7.92. The van der Waals surface area contributed by atoms with Gasteiger partial charge >= 0.3 is 0 Å². The first-order valence-electron chi connectivity index (χ1n) is 4.50. The number of pyridine rings is 1. The molecule has 0 saturated heterocycles. The van der Waals surface area contributed by atoms with Crippen molar-refractivity contribution < 1.29 is 4.79 Å². The molecule has 72 valence electrons. The van der Waals surface area contributed by atoms with Crippen molar-refractivity contribution in [1.29, 1.82) is 0 Å². The topological polar surface area (TPSA) is 42.3 Å². The van der Waals surface area contributed by atoms with Crippen molar-refractivity contribution in [3.63, 3.8) is 0 Å². The second-order valence-corrected chi connectivity index (χ2v) is 2.94. The Hall–Kier alpha value is -2.25. The van der Waals surface area contributed by atoms with Crippen LogP contribution in [0.4, 0.5) is 5.69 Å². The quantitative estimate of drug-likeness (QED) is 0.547. The van der Waals surface area contributed by atoms with Crippen molar-refractivity contribution in [2.45, 2.75) is 0 Å². The maximum atomic E-state index is 10.2. The van der Waals surface area contributed by atoms with Gasteiger partial charge in [-0.2, -0.15) is 4.99 Å². The van der Waals surface area contributed by atoms with Crippen molar-refractivity contribution in [2.75, 3.05) is 0 Å². The van der Waals surface area contributed by atoms with Gasteiger partial charge in [-0.1, -0.05) is 24.3 Å². The molecule has 0 amide bonds. The number of aromatic nitrogens is 1. The molecule has 0 fully saturated rings. The second kappa shape index (κ2) is 4.31. The maximum Gasteiger partial charge on any atom is 0.240 e. The first-order chi connectivity index (χ1) is 7.42. The van der Waals surface area contributed by atoms with Gasteiger partial charge in [0.05, 0.1) is 11.4 Å². The van der Waals surface area contributed by atoms with Gasteiger partial charge in [0.25, 0.3) is 0 Å². The number of carbonyl (C=O) groups excluding carboxylic acids is 1. The van der Waals surface area contributed by atoms with Crippen molar-refractivity contribution in [2.24, 2.45) is 4.99 Å². The average Bonchev–Trinajstić information content (AvgIpc) is 2.31. The standard InChI is InChI=1S/C12H8N2O/c15-9-14-12-6-2-1-5-10(12)11-7-3-4-8-13-11/h1-8H. The minimum Gasteiger partial charge on any atom is -0.256 e. The van der Waals surface area contributed by atoms with Crippen molar-refractivity contribution in [3.8, 4) is 11.3 Å². The van der Waals surface area contributed by atoms with Crippen LogP contribution in [0.15, 0.2) is 53.7 Å². The van der Waals surface area contributed by atoms with E-state index in [1.165, 1.54) is 0 Å². The average molecular weight is 196 g/mol. The number of isocyanates is 1. The smallest absolute Gasteiger partial charge is 0.240 e. The molecule has 1 aromatic carbocycles. The molecule has 0 unspecified atom stereocenters. The molecule has 0 saturated carbocycles. The maximum absolute atomic E-state index is 10.2.